The molecule has 2 aromatic rings. The Morgan fingerprint density at radius 3 is 2.26 bits per heavy atom. The number of hydrogen-bond acceptors (Lipinski definition) is 6. The van der Waals surface area contributed by atoms with Gasteiger partial charge in [0.15, 0.2) is 6.61 Å². The van der Waals surface area contributed by atoms with Gasteiger partial charge in [-0.2, -0.15) is 0 Å². The normalized spacial score (nSPS) is 11.2. The Morgan fingerprint density at radius 2 is 1.67 bits per heavy atom. The summed E-state index contributed by atoms with van der Waals surface area (Å²) < 4.78 is 30.0. The molecule has 0 radical (unpaired) electrons. The maximum atomic E-state index is 12.0. The third kappa shape index (κ3) is 6.38. The van der Waals surface area contributed by atoms with E-state index in [2.05, 4.69) is 5.32 Å². The molecule has 7 nitrogen and oxygen atoms in total. The molecular weight excluding hydrogens is 388 g/mol. The zero-order valence-electron chi connectivity index (χ0n) is 14.9. The third-order valence-electron chi connectivity index (χ3n) is 3.38. The van der Waals surface area contributed by atoms with Crippen molar-refractivity contribution in [2.24, 2.45) is 0 Å². The first-order chi connectivity index (χ1) is 12.8. The van der Waals surface area contributed by atoms with E-state index in [9.17, 15) is 18.0 Å². The Labute approximate surface area is 162 Å². The molecule has 2 aromatic carbocycles. The van der Waals surface area contributed by atoms with Crippen molar-refractivity contribution in [1.82, 2.24) is 4.31 Å². The molecule has 0 atom stereocenters. The van der Waals surface area contributed by atoms with E-state index in [-0.39, 0.29) is 10.6 Å². The van der Waals surface area contributed by atoms with Crippen LogP contribution in [0, 0.1) is 0 Å². The smallest absolute Gasteiger partial charge is 0.316 e. The van der Waals surface area contributed by atoms with Gasteiger partial charge in [0.05, 0.1) is 10.6 Å². The molecule has 2 rings (SSSR count). The molecular formula is C18H20N2O5S2. The number of anilines is 1. The quantitative estimate of drug-likeness (QED) is 0.532. The summed E-state index contributed by atoms with van der Waals surface area (Å²) in [5, 5.41) is 2.55. The van der Waals surface area contributed by atoms with Crippen LogP contribution >= 0.6 is 11.8 Å². The maximum absolute atomic E-state index is 12.0. The number of thioether (sulfide) groups is 1. The van der Waals surface area contributed by atoms with Gasteiger partial charge in [0.2, 0.25) is 10.0 Å². The fraction of sp³-hybridized carbons (Fsp3) is 0.222. The molecule has 0 aliphatic carbocycles. The molecule has 9 heteroatoms. The Bertz CT molecular complexity index is 882. The van der Waals surface area contributed by atoms with Crippen molar-refractivity contribution in [3.05, 3.63) is 54.6 Å². The van der Waals surface area contributed by atoms with Crippen LogP contribution in [0.5, 0.6) is 0 Å². The van der Waals surface area contributed by atoms with Gasteiger partial charge in [-0.1, -0.05) is 18.2 Å². The third-order valence-corrected chi connectivity index (χ3v) is 6.20. The van der Waals surface area contributed by atoms with Gasteiger partial charge < -0.3 is 10.1 Å². The predicted molar refractivity (Wildman–Crippen MR) is 104 cm³/mol. The maximum Gasteiger partial charge on any atom is 0.316 e. The van der Waals surface area contributed by atoms with E-state index >= 15 is 0 Å². The second-order valence-corrected chi connectivity index (χ2v) is 8.82. The lowest BCUT2D eigenvalue weighted by Gasteiger charge is -2.12. The van der Waals surface area contributed by atoms with Crippen LogP contribution in [0.1, 0.15) is 0 Å². The number of ether oxygens (including phenoxy) is 1. The summed E-state index contributed by atoms with van der Waals surface area (Å²) in [4.78, 5) is 24.6. The van der Waals surface area contributed by atoms with E-state index in [0.717, 1.165) is 9.20 Å². The number of amides is 1. The van der Waals surface area contributed by atoms with E-state index in [1.54, 1.807) is 0 Å². The molecule has 0 unspecified atom stereocenters. The standard InChI is InChI=1S/C18H20N2O5S2/c1-20(2)27(23,24)16-10-8-14(9-11-16)19-17(21)12-25-18(22)13-26-15-6-4-3-5-7-15/h3-11H,12-13H2,1-2H3,(H,19,21). The topological polar surface area (TPSA) is 92.8 Å². The van der Waals surface area contributed by atoms with Crippen molar-refractivity contribution in [1.29, 1.82) is 0 Å². The Morgan fingerprint density at radius 1 is 1.04 bits per heavy atom. The molecule has 27 heavy (non-hydrogen) atoms. The highest BCUT2D eigenvalue weighted by Crippen LogP contribution is 2.17. The minimum atomic E-state index is -3.52. The number of esters is 1. The molecule has 0 aromatic heterocycles. The van der Waals surface area contributed by atoms with Crippen molar-refractivity contribution >= 4 is 39.3 Å². The number of nitrogens with one attached hydrogen (secondary N) is 1. The molecule has 0 fully saturated rings. The minimum Gasteiger partial charge on any atom is -0.455 e. The molecule has 0 saturated heterocycles. The van der Waals surface area contributed by atoms with Crippen molar-refractivity contribution in [3.8, 4) is 0 Å². The van der Waals surface area contributed by atoms with Crippen LogP contribution in [0.2, 0.25) is 0 Å². The molecule has 0 saturated carbocycles. The lowest BCUT2D eigenvalue weighted by molar-refractivity contribution is -0.144. The number of benzene rings is 2. The summed E-state index contributed by atoms with van der Waals surface area (Å²) in [6, 6.07) is 15.1. The summed E-state index contributed by atoms with van der Waals surface area (Å²) in [5.74, 6) is -0.892. The Kier molecular flexibility index (Phi) is 7.40. The van der Waals surface area contributed by atoms with Crippen LogP contribution in [0.15, 0.2) is 64.4 Å². The minimum absolute atomic E-state index is 0.106. The van der Waals surface area contributed by atoms with Crippen LogP contribution in [-0.2, 0) is 24.3 Å². The van der Waals surface area contributed by atoms with Crippen LogP contribution in [0.4, 0.5) is 5.69 Å². The van der Waals surface area contributed by atoms with E-state index < -0.39 is 28.5 Å². The van der Waals surface area contributed by atoms with Crippen molar-refractivity contribution in [3.63, 3.8) is 0 Å². The predicted octanol–water partition coefficient (Wildman–Crippen LogP) is 2.21. The number of carbonyl (C=O) groups is 2. The van der Waals surface area contributed by atoms with Crippen LogP contribution in [0.3, 0.4) is 0 Å². The molecule has 144 valence electrons. The summed E-state index contributed by atoms with van der Waals surface area (Å²) >= 11 is 1.32. The fourth-order valence-electron chi connectivity index (χ4n) is 1.96. The lowest BCUT2D eigenvalue weighted by atomic mass is 10.3. The molecule has 1 N–H and O–H groups in total. The Hall–Kier alpha value is -2.36. The van der Waals surface area contributed by atoms with E-state index in [4.69, 9.17) is 4.74 Å². The molecule has 1 amide bonds. The van der Waals surface area contributed by atoms with Gasteiger partial charge in [0, 0.05) is 24.7 Å². The van der Waals surface area contributed by atoms with Gasteiger partial charge in [-0.05, 0) is 36.4 Å². The largest absolute Gasteiger partial charge is 0.455 e. The second-order valence-electron chi connectivity index (χ2n) is 5.62. The number of hydrogen-bond donors (Lipinski definition) is 1. The van der Waals surface area contributed by atoms with E-state index in [1.165, 1.54) is 50.1 Å². The van der Waals surface area contributed by atoms with Crippen molar-refractivity contribution in [2.75, 3.05) is 31.8 Å². The molecule has 0 spiro atoms. The van der Waals surface area contributed by atoms with Gasteiger partial charge in [-0.25, -0.2) is 12.7 Å². The summed E-state index contributed by atoms with van der Waals surface area (Å²) in [7, 11) is -0.644. The molecule has 0 heterocycles. The average molecular weight is 409 g/mol. The number of rotatable bonds is 8. The zero-order chi connectivity index (χ0) is 19.9. The highest BCUT2D eigenvalue weighted by Gasteiger charge is 2.17. The number of sulfonamides is 1. The highest BCUT2D eigenvalue weighted by atomic mass is 32.2. The first kappa shape index (κ1) is 20.9. The van der Waals surface area contributed by atoms with Crippen LogP contribution < -0.4 is 5.32 Å². The fourth-order valence-corrected chi connectivity index (χ4v) is 3.58. The first-order valence-corrected chi connectivity index (χ1v) is 10.4. The van der Waals surface area contributed by atoms with Crippen molar-refractivity contribution < 1.29 is 22.7 Å². The van der Waals surface area contributed by atoms with Gasteiger partial charge >= 0.3 is 5.97 Å². The van der Waals surface area contributed by atoms with Gasteiger partial charge in [0.25, 0.3) is 5.91 Å². The molecule has 0 aliphatic heterocycles. The van der Waals surface area contributed by atoms with E-state index in [0.29, 0.717) is 5.69 Å². The van der Waals surface area contributed by atoms with Crippen molar-refractivity contribution in [2.45, 2.75) is 9.79 Å². The summed E-state index contributed by atoms with van der Waals surface area (Å²) in [5.41, 5.74) is 0.410. The second kappa shape index (κ2) is 9.54. The number of carbonyl (C=O) groups excluding carboxylic acids is 2. The molecule has 0 aliphatic rings. The first-order valence-electron chi connectivity index (χ1n) is 7.95. The monoisotopic (exact) mass is 408 g/mol. The SMILES string of the molecule is CN(C)S(=O)(=O)c1ccc(NC(=O)COC(=O)CSc2ccccc2)cc1. The van der Waals surface area contributed by atoms with Gasteiger partial charge in [-0.3, -0.25) is 9.59 Å². The Balaban J connectivity index is 1.79. The summed E-state index contributed by atoms with van der Waals surface area (Å²) in [6.07, 6.45) is 0. The molecule has 0 bridgehead atoms. The van der Waals surface area contributed by atoms with Crippen LogP contribution in [0.25, 0.3) is 0 Å². The average Bonchev–Trinajstić information content (AvgIpc) is 2.66. The zero-order valence-corrected chi connectivity index (χ0v) is 16.5. The highest BCUT2D eigenvalue weighted by molar-refractivity contribution is 8.00. The lowest BCUT2D eigenvalue weighted by Crippen LogP contribution is -2.23. The van der Waals surface area contributed by atoms with Gasteiger partial charge in [0.1, 0.15) is 0 Å². The number of nitrogens with zero attached hydrogens (tertiary/aromatic N) is 1. The summed E-state index contributed by atoms with van der Waals surface area (Å²) in [6.45, 7) is -0.411. The van der Waals surface area contributed by atoms with Crippen LogP contribution in [-0.4, -0.2) is 51.1 Å². The van der Waals surface area contributed by atoms with E-state index in [1.807, 2.05) is 30.3 Å². The van der Waals surface area contributed by atoms with Gasteiger partial charge in [-0.15, -0.1) is 11.8 Å².